The highest BCUT2D eigenvalue weighted by Crippen LogP contribution is 2.28. The van der Waals surface area contributed by atoms with Crippen molar-refractivity contribution in [1.82, 2.24) is 4.98 Å². The van der Waals surface area contributed by atoms with Gasteiger partial charge in [0, 0.05) is 17.1 Å². The molecular formula is C17H15N. The van der Waals surface area contributed by atoms with Gasteiger partial charge in [0.2, 0.25) is 0 Å². The van der Waals surface area contributed by atoms with Gasteiger partial charge in [-0.2, -0.15) is 0 Å². The van der Waals surface area contributed by atoms with Crippen molar-refractivity contribution in [2.45, 2.75) is 13.8 Å². The Bertz CT molecular complexity index is 714. The van der Waals surface area contributed by atoms with Gasteiger partial charge >= 0.3 is 0 Å². The summed E-state index contributed by atoms with van der Waals surface area (Å²) in [4.78, 5) is 4.62. The van der Waals surface area contributed by atoms with Crippen molar-refractivity contribution in [1.29, 1.82) is 0 Å². The molecular weight excluding hydrogens is 218 g/mol. The number of hydrogen-bond donors (Lipinski definition) is 0. The van der Waals surface area contributed by atoms with E-state index in [-0.39, 0.29) is 0 Å². The topological polar surface area (TPSA) is 12.9 Å². The van der Waals surface area contributed by atoms with E-state index in [1.165, 1.54) is 27.5 Å². The summed E-state index contributed by atoms with van der Waals surface area (Å²) in [6, 6.07) is 17.0. The van der Waals surface area contributed by atoms with Gasteiger partial charge in [-0.3, -0.25) is 4.98 Å². The van der Waals surface area contributed by atoms with E-state index in [1.54, 1.807) is 0 Å². The summed E-state index contributed by atoms with van der Waals surface area (Å²) in [5.74, 6) is 0. The fourth-order valence-electron chi connectivity index (χ4n) is 2.36. The molecule has 0 amide bonds. The van der Waals surface area contributed by atoms with E-state index >= 15 is 0 Å². The lowest BCUT2D eigenvalue weighted by Crippen LogP contribution is -1.89. The first-order chi connectivity index (χ1) is 8.75. The van der Waals surface area contributed by atoms with Gasteiger partial charge in [0.25, 0.3) is 0 Å². The van der Waals surface area contributed by atoms with Gasteiger partial charge in [-0.1, -0.05) is 48.0 Å². The molecule has 1 nitrogen and oxygen atoms in total. The molecule has 2 aromatic carbocycles. The summed E-state index contributed by atoms with van der Waals surface area (Å²) in [6.07, 6.45) is 1.96. The van der Waals surface area contributed by atoms with Gasteiger partial charge < -0.3 is 0 Å². The van der Waals surface area contributed by atoms with E-state index in [4.69, 9.17) is 0 Å². The maximum Gasteiger partial charge on any atom is 0.0780 e. The number of aryl methyl sites for hydroxylation is 2. The Labute approximate surface area is 107 Å². The van der Waals surface area contributed by atoms with Crippen LogP contribution in [0.5, 0.6) is 0 Å². The minimum atomic E-state index is 1.07. The summed E-state index contributed by atoms with van der Waals surface area (Å²) < 4.78 is 0. The molecule has 0 aliphatic rings. The molecule has 88 valence electrons. The summed E-state index contributed by atoms with van der Waals surface area (Å²) in [5.41, 5.74) is 4.74. The van der Waals surface area contributed by atoms with Gasteiger partial charge in [0.1, 0.15) is 0 Å². The van der Waals surface area contributed by atoms with E-state index in [9.17, 15) is 0 Å². The molecule has 0 N–H and O–H groups in total. The van der Waals surface area contributed by atoms with Crippen molar-refractivity contribution in [3.05, 3.63) is 65.9 Å². The summed E-state index contributed by atoms with van der Waals surface area (Å²) in [5, 5.41) is 2.51. The van der Waals surface area contributed by atoms with Crippen LogP contribution in [0, 0.1) is 13.8 Å². The van der Waals surface area contributed by atoms with E-state index in [0.717, 1.165) is 5.69 Å². The Morgan fingerprint density at radius 2 is 1.61 bits per heavy atom. The van der Waals surface area contributed by atoms with Crippen LogP contribution in [0.3, 0.4) is 0 Å². The second-order valence-electron chi connectivity index (χ2n) is 4.70. The number of fused-ring (bicyclic) bond motifs is 1. The largest absolute Gasteiger partial charge is 0.255 e. The number of nitrogens with zero attached hydrogens (tertiary/aromatic N) is 1. The first-order valence-electron chi connectivity index (χ1n) is 6.17. The minimum Gasteiger partial charge on any atom is -0.255 e. The van der Waals surface area contributed by atoms with Crippen LogP contribution in [0.2, 0.25) is 0 Å². The highest BCUT2D eigenvalue weighted by molar-refractivity contribution is 5.96. The molecule has 1 aromatic heterocycles. The maximum absolute atomic E-state index is 4.62. The predicted octanol–water partition coefficient (Wildman–Crippen LogP) is 4.52. The molecule has 0 spiro atoms. The van der Waals surface area contributed by atoms with Crippen LogP contribution in [0.15, 0.2) is 54.7 Å². The molecule has 18 heavy (non-hydrogen) atoms. The molecule has 1 heterocycles. The van der Waals surface area contributed by atoms with Gasteiger partial charge in [-0.15, -0.1) is 0 Å². The third-order valence-corrected chi connectivity index (χ3v) is 3.29. The molecule has 3 aromatic rings. The summed E-state index contributed by atoms with van der Waals surface area (Å²) >= 11 is 0. The van der Waals surface area contributed by atoms with E-state index < -0.39 is 0 Å². The zero-order valence-electron chi connectivity index (χ0n) is 10.6. The second-order valence-corrected chi connectivity index (χ2v) is 4.70. The Morgan fingerprint density at radius 3 is 2.39 bits per heavy atom. The normalized spacial score (nSPS) is 10.8. The molecule has 0 fully saturated rings. The quantitative estimate of drug-likeness (QED) is 0.602. The van der Waals surface area contributed by atoms with Crippen LogP contribution < -0.4 is 0 Å². The molecule has 0 unspecified atom stereocenters. The van der Waals surface area contributed by atoms with Crippen molar-refractivity contribution in [2.24, 2.45) is 0 Å². The first-order valence-corrected chi connectivity index (χ1v) is 6.17. The average molecular weight is 233 g/mol. The zero-order chi connectivity index (χ0) is 12.5. The van der Waals surface area contributed by atoms with Crippen LogP contribution in [0.1, 0.15) is 11.1 Å². The maximum atomic E-state index is 4.62. The monoisotopic (exact) mass is 233 g/mol. The van der Waals surface area contributed by atoms with Gasteiger partial charge in [-0.05, 0) is 30.9 Å². The number of benzene rings is 2. The summed E-state index contributed by atoms with van der Waals surface area (Å²) in [7, 11) is 0. The van der Waals surface area contributed by atoms with E-state index in [2.05, 4.69) is 67.4 Å². The lowest BCUT2D eigenvalue weighted by Gasteiger charge is -2.08. The number of hydrogen-bond acceptors (Lipinski definition) is 1. The van der Waals surface area contributed by atoms with Crippen LogP contribution >= 0.6 is 0 Å². The smallest absolute Gasteiger partial charge is 0.0780 e. The lowest BCUT2D eigenvalue weighted by atomic mass is 10.0. The molecule has 3 rings (SSSR count). The molecule has 0 aliphatic carbocycles. The molecule has 0 saturated heterocycles. The van der Waals surface area contributed by atoms with Crippen LogP contribution in [0.25, 0.3) is 22.0 Å². The van der Waals surface area contributed by atoms with Crippen molar-refractivity contribution < 1.29 is 0 Å². The Morgan fingerprint density at radius 1 is 0.833 bits per heavy atom. The van der Waals surface area contributed by atoms with Gasteiger partial charge in [0.05, 0.1) is 5.69 Å². The summed E-state index contributed by atoms with van der Waals surface area (Å²) in [6.45, 7) is 4.22. The fraction of sp³-hybridized carbons (Fsp3) is 0.118. The second kappa shape index (κ2) is 4.26. The van der Waals surface area contributed by atoms with Gasteiger partial charge in [-0.25, -0.2) is 0 Å². The lowest BCUT2D eigenvalue weighted by molar-refractivity contribution is 1.30. The van der Waals surface area contributed by atoms with Crippen LogP contribution in [0.4, 0.5) is 0 Å². The minimum absolute atomic E-state index is 1.07. The van der Waals surface area contributed by atoms with Crippen molar-refractivity contribution in [2.75, 3.05) is 0 Å². The number of pyridine rings is 1. The molecule has 0 bridgehead atoms. The van der Waals surface area contributed by atoms with E-state index in [1.807, 2.05) is 6.20 Å². The Balaban J connectivity index is 2.33. The number of aromatic nitrogens is 1. The van der Waals surface area contributed by atoms with Crippen molar-refractivity contribution in [3.8, 4) is 11.3 Å². The third-order valence-electron chi connectivity index (χ3n) is 3.29. The molecule has 0 radical (unpaired) electrons. The zero-order valence-corrected chi connectivity index (χ0v) is 10.6. The average Bonchev–Trinajstić information content (AvgIpc) is 2.39. The molecule has 1 heteroatoms. The molecule has 0 aliphatic heterocycles. The van der Waals surface area contributed by atoms with Crippen molar-refractivity contribution >= 4 is 10.8 Å². The van der Waals surface area contributed by atoms with Crippen LogP contribution in [-0.4, -0.2) is 4.98 Å². The predicted molar refractivity (Wildman–Crippen MR) is 76.7 cm³/mol. The Kier molecular flexibility index (Phi) is 2.60. The standard InChI is InChI=1S/C17H15N/c1-12-6-5-7-14(10-12)17-16-9-4-3-8-15(16)13(2)11-18-17/h3-11H,1-2H3. The molecule has 0 atom stereocenters. The SMILES string of the molecule is Cc1cccc(-c2ncc(C)c3ccccc23)c1. The van der Waals surface area contributed by atoms with Crippen LogP contribution in [-0.2, 0) is 0 Å². The molecule has 0 saturated carbocycles. The van der Waals surface area contributed by atoms with E-state index in [0.29, 0.717) is 0 Å². The highest BCUT2D eigenvalue weighted by atomic mass is 14.7. The number of rotatable bonds is 1. The highest BCUT2D eigenvalue weighted by Gasteiger charge is 2.06. The van der Waals surface area contributed by atoms with Crippen molar-refractivity contribution in [3.63, 3.8) is 0 Å². The Hall–Kier alpha value is -2.15. The third kappa shape index (κ3) is 1.78. The van der Waals surface area contributed by atoms with Gasteiger partial charge in [0.15, 0.2) is 0 Å². The fourth-order valence-corrected chi connectivity index (χ4v) is 2.36. The first kappa shape index (κ1) is 11.0.